The van der Waals surface area contributed by atoms with E-state index in [9.17, 15) is 14.7 Å². The van der Waals surface area contributed by atoms with Crippen LogP contribution in [-0.2, 0) is 15.0 Å². The van der Waals surface area contributed by atoms with Crippen molar-refractivity contribution in [3.8, 4) is 0 Å². The molecule has 21 heavy (non-hydrogen) atoms. The molecule has 1 aromatic rings. The molecule has 0 spiro atoms. The van der Waals surface area contributed by atoms with Crippen LogP contribution in [0.15, 0.2) is 30.3 Å². The molecule has 2 N–H and O–H groups in total. The Morgan fingerprint density at radius 2 is 1.57 bits per heavy atom. The number of amides is 1. The average molecular weight is 289 g/mol. The molecule has 5 nitrogen and oxygen atoms in total. The molecule has 1 aliphatic carbocycles. The van der Waals surface area contributed by atoms with E-state index in [-0.39, 0.29) is 18.7 Å². The highest BCUT2D eigenvalue weighted by Crippen LogP contribution is 2.50. The number of hydrogen-bond donors (Lipinski definition) is 2. The summed E-state index contributed by atoms with van der Waals surface area (Å²) in [5, 5.41) is 19.0. The standard InChI is InChI=1S/C16H19NO4/c18-13(15(6-7-15)12-4-2-1-3-5-12)17-10-8-16(21,9-11-17)14(19)20/h1-5,21H,6-11H2,(H,19,20). The molecule has 0 radical (unpaired) electrons. The van der Waals surface area contributed by atoms with Crippen LogP contribution >= 0.6 is 0 Å². The summed E-state index contributed by atoms with van der Waals surface area (Å²) in [5.41, 5.74) is -1.06. The molecule has 1 amide bonds. The molecule has 0 atom stereocenters. The van der Waals surface area contributed by atoms with Gasteiger partial charge in [0, 0.05) is 25.9 Å². The van der Waals surface area contributed by atoms with E-state index < -0.39 is 17.0 Å². The number of rotatable bonds is 3. The SMILES string of the molecule is O=C(O)C1(O)CCN(C(=O)C2(c3ccccc3)CC2)CC1. The minimum absolute atomic E-state index is 0.0705. The minimum atomic E-state index is -1.68. The van der Waals surface area contributed by atoms with Gasteiger partial charge in [-0.3, -0.25) is 4.79 Å². The number of carbonyl (C=O) groups is 2. The van der Waals surface area contributed by atoms with Crippen molar-refractivity contribution in [1.82, 2.24) is 4.90 Å². The van der Waals surface area contributed by atoms with Gasteiger partial charge in [-0.1, -0.05) is 30.3 Å². The third-order valence-electron chi connectivity index (χ3n) is 4.76. The second kappa shape index (κ2) is 4.84. The van der Waals surface area contributed by atoms with Gasteiger partial charge in [-0.15, -0.1) is 0 Å². The number of carboxylic acid groups (broad SMARTS) is 1. The van der Waals surface area contributed by atoms with Gasteiger partial charge in [0.15, 0.2) is 5.60 Å². The fraction of sp³-hybridized carbons (Fsp3) is 0.500. The highest BCUT2D eigenvalue weighted by Gasteiger charge is 2.54. The molecular weight excluding hydrogens is 270 g/mol. The summed E-state index contributed by atoms with van der Waals surface area (Å²) in [5.74, 6) is -1.13. The van der Waals surface area contributed by atoms with Crippen LogP contribution in [0.2, 0.25) is 0 Å². The third kappa shape index (κ3) is 2.31. The first-order valence-electron chi connectivity index (χ1n) is 7.29. The van der Waals surface area contributed by atoms with E-state index in [1.54, 1.807) is 4.90 Å². The molecule has 1 heterocycles. The summed E-state index contributed by atoms with van der Waals surface area (Å²) in [6, 6.07) is 9.74. The van der Waals surface area contributed by atoms with Crippen molar-refractivity contribution < 1.29 is 19.8 Å². The Morgan fingerprint density at radius 1 is 1.00 bits per heavy atom. The van der Waals surface area contributed by atoms with Crippen LogP contribution in [0.1, 0.15) is 31.2 Å². The van der Waals surface area contributed by atoms with E-state index in [0.29, 0.717) is 13.1 Å². The first kappa shape index (κ1) is 14.1. The van der Waals surface area contributed by atoms with Crippen molar-refractivity contribution in [1.29, 1.82) is 0 Å². The van der Waals surface area contributed by atoms with E-state index in [4.69, 9.17) is 5.11 Å². The van der Waals surface area contributed by atoms with Crippen LogP contribution in [0.25, 0.3) is 0 Å². The molecule has 1 saturated carbocycles. The lowest BCUT2D eigenvalue weighted by molar-refractivity contribution is -0.165. The molecule has 5 heteroatoms. The summed E-state index contributed by atoms with van der Waals surface area (Å²) >= 11 is 0. The summed E-state index contributed by atoms with van der Waals surface area (Å²) in [6.07, 6.45) is 1.88. The largest absolute Gasteiger partial charge is 0.479 e. The number of aliphatic hydroxyl groups is 1. The Labute approximate surface area is 123 Å². The Kier molecular flexibility index (Phi) is 3.24. The molecular formula is C16H19NO4. The molecule has 2 aliphatic rings. The van der Waals surface area contributed by atoms with Crippen LogP contribution in [0.5, 0.6) is 0 Å². The van der Waals surface area contributed by atoms with Gasteiger partial charge in [0.05, 0.1) is 5.41 Å². The molecule has 112 valence electrons. The zero-order valence-electron chi connectivity index (χ0n) is 11.8. The molecule has 0 aromatic heterocycles. The monoisotopic (exact) mass is 289 g/mol. The summed E-state index contributed by atoms with van der Waals surface area (Å²) < 4.78 is 0. The zero-order chi connectivity index (χ0) is 15.1. The Hall–Kier alpha value is -1.88. The van der Waals surface area contributed by atoms with Gasteiger partial charge in [-0.05, 0) is 18.4 Å². The first-order chi connectivity index (χ1) is 9.98. The normalized spacial score (nSPS) is 22.6. The van der Waals surface area contributed by atoms with Gasteiger partial charge in [0.1, 0.15) is 0 Å². The highest BCUT2D eigenvalue weighted by molar-refractivity contribution is 5.91. The second-order valence-electron chi connectivity index (χ2n) is 6.08. The van der Waals surface area contributed by atoms with Crippen LogP contribution < -0.4 is 0 Å². The molecule has 0 bridgehead atoms. The van der Waals surface area contributed by atoms with Gasteiger partial charge in [-0.25, -0.2) is 4.79 Å². The van der Waals surface area contributed by atoms with E-state index in [0.717, 1.165) is 18.4 Å². The Morgan fingerprint density at radius 3 is 2.05 bits per heavy atom. The number of benzene rings is 1. The molecule has 3 rings (SSSR count). The molecule has 2 fully saturated rings. The summed E-state index contributed by atoms with van der Waals surface area (Å²) in [4.78, 5) is 25.5. The molecule has 1 saturated heterocycles. The van der Waals surface area contributed by atoms with Gasteiger partial charge in [0.25, 0.3) is 0 Å². The number of piperidine rings is 1. The summed E-state index contributed by atoms with van der Waals surface area (Å²) in [7, 11) is 0. The summed E-state index contributed by atoms with van der Waals surface area (Å²) in [6.45, 7) is 0.604. The number of hydrogen-bond acceptors (Lipinski definition) is 3. The van der Waals surface area contributed by atoms with Crippen LogP contribution in [0.4, 0.5) is 0 Å². The van der Waals surface area contributed by atoms with E-state index >= 15 is 0 Å². The van der Waals surface area contributed by atoms with Gasteiger partial charge in [-0.2, -0.15) is 0 Å². The average Bonchev–Trinajstić information content (AvgIpc) is 3.30. The van der Waals surface area contributed by atoms with Gasteiger partial charge < -0.3 is 15.1 Å². The lowest BCUT2D eigenvalue weighted by Gasteiger charge is -2.37. The van der Waals surface area contributed by atoms with Crippen molar-refractivity contribution >= 4 is 11.9 Å². The van der Waals surface area contributed by atoms with Gasteiger partial charge in [0.2, 0.25) is 5.91 Å². The lowest BCUT2D eigenvalue weighted by atomic mass is 9.89. The van der Waals surface area contributed by atoms with Crippen molar-refractivity contribution in [2.75, 3.05) is 13.1 Å². The zero-order valence-corrected chi connectivity index (χ0v) is 11.8. The van der Waals surface area contributed by atoms with Crippen LogP contribution in [0.3, 0.4) is 0 Å². The maximum atomic E-state index is 12.8. The predicted octanol–water partition coefficient (Wildman–Crippen LogP) is 1.16. The smallest absolute Gasteiger partial charge is 0.335 e. The van der Waals surface area contributed by atoms with E-state index in [1.165, 1.54) is 0 Å². The number of carbonyl (C=O) groups excluding carboxylic acids is 1. The quantitative estimate of drug-likeness (QED) is 0.875. The van der Waals surface area contributed by atoms with E-state index in [1.807, 2.05) is 30.3 Å². The highest BCUT2D eigenvalue weighted by atomic mass is 16.4. The number of likely N-dealkylation sites (tertiary alicyclic amines) is 1. The van der Waals surface area contributed by atoms with Crippen LogP contribution in [-0.4, -0.2) is 45.7 Å². The Balaban J connectivity index is 1.72. The topological polar surface area (TPSA) is 77.8 Å². The predicted molar refractivity (Wildman–Crippen MR) is 75.8 cm³/mol. The third-order valence-corrected chi connectivity index (χ3v) is 4.76. The molecule has 1 aliphatic heterocycles. The maximum Gasteiger partial charge on any atom is 0.335 e. The van der Waals surface area contributed by atoms with Crippen LogP contribution in [0, 0.1) is 0 Å². The van der Waals surface area contributed by atoms with Crippen molar-refractivity contribution in [3.63, 3.8) is 0 Å². The Bertz CT molecular complexity index is 557. The van der Waals surface area contributed by atoms with Gasteiger partial charge >= 0.3 is 5.97 Å². The number of aliphatic carboxylic acids is 1. The van der Waals surface area contributed by atoms with E-state index in [2.05, 4.69) is 0 Å². The fourth-order valence-electron chi connectivity index (χ4n) is 3.10. The fourth-order valence-corrected chi connectivity index (χ4v) is 3.10. The van der Waals surface area contributed by atoms with Crippen molar-refractivity contribution in [2.45, 2.75) is 36.7 Å². The molecule has 1 aromatic carbocycles. The molecule has 0 unspecified atom stereocenters. The lowest BCUT2D eigenvalue weighted by Crippen LogP contribution is -2.52. The second-order valence-corrected chi connectivity index (χ2v) is 6.08. The van der Waals surface area contributed by atoms with Crippen molar-refractivity contribution in [2.24, 2.45) is 0 Å². The first-order valence-corrected chi connectivity index (χ1v) is 7.29. The maximum absolute atomic E-state index is 12.8. The minimum Gasteiger partial charge on any atom is -0.479 e. The number of carboxylic acids is 1. The van der Waals surface area contributed by atoms with Crippen molar-refractivity contribution in [3.05, 3.63) is 35.9 Å². The number of nitrogens with zero attached hydrogens (tertiary/aromatic N) is 1.